The van der Waals surface area contributed by atoms with E-state index in [1.165, 1.54) is 51.4 Å². The topological polar surface area (TPSA) is 66.0 Å². The van der Waals surface area contributed by atoms with Crippen LogP contribution in [0.5, 0.6) is 0 Å². The summed E-state index contributed by atoms with van der Waals surface area (Å²) >= 11 is 4.20. The van der Waals surface area contributed by atoms with Gasteiger partial charge in [0.05, 0.1) is 6.54 Å². The highest BCUT2D eigenvalue weighted by molar-refractivity contribution is 7.80. The first-order chi connectivity index (χ1) is 7.77. The van der Waals surface area contributed by atoms with Gasteiger partial charge in [0.25, 0.3) is 0 Å². The molecular weight excluding hydrogens is 218 g/mol. The van der Waals surface area contributed by atoms with Crippen molar-refractivity contribution in [1.82, 2.24) is 0 Å². The van der Waals surface area contributed by atoms with Crippen molar-refractivity contribution in [2.75, 3.05) is 12.3 Å². The van der Waals surface area contributed by atoms with Gasteiger partial charge in [0.2, 0.25) is 0 Å². The Balaban J connectivity index is 2.96. The van der Waals surface area contributed by atoms with Crippen LogP contribution in [0.2, 0.25) is 0 Å². The second kappa shape index (κ2) is 12.7. The Bertz CT molecular complexity index is 168. The van der Waals surface area contributed by atoms with Gasteiger partial charge in [-0.2, -0.15) is 12.6 Å². The molecule has 0 saturated carbocycles. The van der Waals surface area contributed by atoms with Crippen LogP contribution < -0.4 is 16.5 Å². The van der Waals surface area contributed by atoms with Crippen molar-refractivity contribution in [3.63, 3.8) is 0 Å². The monoisotopic (exact) mass is 246 g/mol. The molecule has 0 aliphatic heterocycles. The Morgan fingerprint density at radius 1 is 0.750 bits per heavy atom. The molecule has 0 saturated heterocycles. The van der Waals surface area contributed by atoms with Crippen LogP contribution in [0.3, 0.4) is 0 Å². The molecule has 0 radical (unpaired) electrons. The van der Waals surface area contributed by atoms with Crippen molar-refractivity contribution in [3.8, 4) is 0 Å². The molecule has 0 aliphatic carbocycles. The van der Waals surface area contributed by atoms with Gasteiger partial charge in [0.1, 0.15) is 0 Å². The zero-order valence-corrected chi connectivity index (χ0v) is 11.3. The lowest BCUT2D eigenvalue weighted by Crippen LogP contribution is -2.78. The van der Waals surface area contributed by atoms with Crippen LogP contribution >= 0.6 is 12.6 Å². The Morgan fingerprint density at radius 3 is 1.62 bits per heavy atom. The third-order valence-electron chi connectivity index (χ3n) is 2.66. The van der Waals surface area contributed by atoms with Gasteiger partial charge in [-0.05, 0) is 18.6 Å². The van der Waals surface area contributed by atoms with Crippen LogP contribution in [0.25, 0.3) is 0 Å². The maximum absolute atomic E-state index is 5.29. The summed E-state index contributed by atoms with van der Waals surface area (Å²) in [4.78, 5) is 2.94. The molecule has 0 bridgehead atoms. The van der Waals surface area contributed by atoms with E-state index in [9.17, 15) is 0 Å². The summed E-state index contributed by atoms with van der Waals surface area (Å²) in [5.74, 6) is 1.37. The predicted octanol–water partition coefficient (Wildman–Crippen LogP) is 0.781. The first-order valence-corrected chi connectivity index (χ1v) is 7.13. The van der Waals surface area contributed by atoms with Crippen molar-refractivity contribution in [3.05, 3.63) is 0 Å². The Morgan fingerprint density at radius 2 is 1.19 bits per heavy atom. The second-order valence-corrected chi connectivity index (χ2v) is 4.73. The molecule has 0 aromatic rings. The van der Waals surface area contributed by atoms with E-state index in [4.69, 9.17) is 11.5 Å². The van der Waals surface area contributed by atoms with E-state index in [-0.39, 0.29) is 0 Å². The van der Waals surface area contributed by atoms with E-state index >= 15 is 0 Å². The molecular formula is C12H28N3S+. The lowest BCUT2D eigenvalue weighted by molar-refractivity contribution is -0.459. The van der Waals surface area contributed by atoms with E-state index in [0.29, 0.717) is 5.96 Å². The van der Waals surface area contributed by atoms with Gasteiger partial charge < -0.3 is 0 Å². The van der Waals surface area contributed by atoms with Crippen molar-refractivity contribution < 1.29 is 4.99 Å². The number of rotatable bonds is 11. The van der Waals surface area contributed by atoms with Gasteiger partial charge in [-0.15, -0.1) is 0 Å². The molecule has 16 heavy (non-hydrogen) atoms. The van der Waals surface area contributed by atoms with Gasteiger partial charge >= 0.3 is 5.96 Å². The molecule has 0 rings (SSSR count). The van der Waals surface area contributed by atoms with Crippen molar-refractivity contribution in [1.29, 1.82) is 0 Å². The predicted molar refractivity (Wildman–Crippen MR) is 74.6 cm³/mol. The molecule has 96 valence electrons. The molecule has 0 fully saturated rings. The number of hydrogen-bond acceptors (Lipinski definition) is 1. The molecule has 3 nitrogen and oxygen atoms in total. The third kappa shape index (κ3) is 13.6. The minimum Gasteiger partial charge on any atom is -0.291 e. The number of thiol groups is 1. The Hall–Kier alpha value is -0.380. The quantitative estimate of drug-likeness (QED) is 0.188. The third-order valence-corrected chi connectivity index (χ3v) is 2.98. The fourth-order valence-corrected chi connectivity index (χ4v) is 1.93. The van der Waals surface area contributed by atoms with Gasteiger partial charge in [-0.1, -0.05) is 44.9 Å². The van der Waals surface area contributed by atoms with Crippen molar-refractivity contribution in [2.45, 2.75) is 57.8 Å². The number of nitrogens with one attached hydrogen (secondary N) is 1. The standard InChI is InChI=1S/C12H27N3S/c13-12(14)15-10-8-6-4-2-1-3-5-7-9-11-16/h16H,1-11H2,(H4,13,14,15)/p+1. The number of hydrogen-bond donors (Lipinski definition) is 4. The molecule has 0 spiro atoms. The fraction of sp³-hybridized carbons (Fsp3) is 0.917. The first-order valence-electron chi connectivity index (χ1n) is 6.50. The van der Waals surface area contributed by atoms with E-state index in [2.05, 4.69) is 17.6 Å². The molecule has 0 heterocycles. The normalized spacial score (nSPS) is 10.3. The van der Waals surface area contributed by atoms with E-state index in [1.807, 2.05) is 0 Å². The zero-order chi connectivity index (χ0) is 12.1. The number of unbranched alkanes of at least 4 members (excludes halogenated alkanes) is 8. The maximum atomic E-state index is 5.29. The maximum Gasteiger partial charge on any atom is 0.338 e. The summed E-state index contributed by atoms with van der Waals surface area (Å²) < 4.78 is 0. The molecule has 0 aromatic carbocycles. The highest BCUT2D eigenvalue weighted by atomic mass is 32.1. The Labute approximate surface area is 105 Å². The number of nitrogens with two attached hydrogens (primary N) is 2. The fourth-order valence-electron chi connectivity index (χ4n) is 1.71. The summed E-state index contributed by atoms with van der Waals surface area (Å²) in [6.45, 7) is 0.907. The van der Waals surface area contributed by atoms with Gasteiger partial charge in [0, 0.05) is 0 Å². The highest BCUT2D eigenvalue weighted by Gasteiger charge is 1.92. The highest BCUT2D eigenvalue weighted by Crippen LogP contribution is 2.09. The molecule has 0 atom stereocenters. The average molecular weight is 246 g/mol. The molecule has 0 aliphatic rings. The second-order valence-electron chi connectivity index (χ2n) is 4.29. The largest absolute Gasteiger partial charge is 0.338 e. The minimum absolute atomic E-state index is 0.337. The minimum atomic E-state index is 0.337. The molecule has 0 unspecified atom stereocenters. The molecule has 4 heteroatoms. The van der Waals surface area contributed by atoms with Crippen LogP contribution in [0.4, 0.5) is 0 Å². The molecule has 0 aromatic heterocycles. The van der Waals surface area contributed by atoms with E-state index in [1.54, 1.807) is 0 Å². The van der Waals surface area contributed by atoms with Crippen molar-refractivity contribution >= 4 is 18.6 Å². The zero-order valence-electron chi connectivity index (χ0n) is 10.4. The van der Waals surface area contributed by atoms with Crippen molar-refractivity contribution in [2.24, 2.45) is 11.5 Å². The summed E-state index contributed by atoms with van der Waals surface area (Å²) in [6.07, 6.45) is 11.9. The van der Waals surface area contributed by atoms with Crippen LogP contribution in [-0.4, -0.2) is 18.3 Å². The SMILES string of the molecule is NC(N)=[NH+]CCCCCCCCCCCS. The first kappa shape index (κ1) is 15.6. The lowest BCUT2D eigenvalue weighted by Gasteiger charge is -2.00. The van der Waals surface area contributed by atoms with Crippen LogP contribution in [0, 0.1) is 0 Å². The van der Waals surface area contributed by atoms with E-state index in [0.717, 1.165) is 18.7 Å². The summed E-state index contributed by atoms with van der Waals surface area (Å²) in [5, 5.41) is 0. The summed E-state index contributed by atoms with van der Waals surface area (Å²) in [6, 6.07) is 0. The summed E-state index contributed by atoms with van der Waals surface area (Å²) in [5.41, 5.74) is 10.6. The Kier molecular flexibility index (Phi) is 12.4. The van der Waals surface area contributed by atoms with E-state index < -0.39 is 0 Å². The summed E-state index contributed by atoms with van der Waals surface area (Å²) in [7, 11) is 0. The van der Waals surface area contributed by atoms with Gasteiger partial charge in [-0.3, -0.25) is 16.5 Å². The average Bonchev–Trinajstić information content (AvgIpc) is 2.25. The lowest BCUT2D eigenvalue weighted by atomic mass is 10.1. The van der Waals surface area contributed by atoms with Gasteiger partial charge in [0.15, 0.2) is 0 Å². The van der Waals surface area contributed by atoms with Crippen LogP contribution in [-0.2, 0) is 0 Å². The molecule has 5 N–H and O–H groups in total. The van der Waals surface area contributed by atoms with Crippen LogP contribution in [0.1, 0.15) is 57.8 Å². The van der Waals surface area contributed by atoms with Gasteiger partial charge in [-0.25, -0.2) is 0 Å². The smallest absolute Gasteiger partial charge is 0.291 e. The molecule has 0 amide bonds. The number of guanidine groups is 1. The van der Waals surface area contributed by atoms with Crippen LogP contribution in [0.15, 0.2) is 0 Å².